The summed E-state index contributed by atoms with van der Waals surface area (Å²) in [5, 5.41) is 7.67. The standard InChI is InChI=1S/C17H12N2O3S/c1-20-12-5-2-10(3-6-12)14-9-21-15-7-4-11(8-13(14)15)16-18-19-17(23)22-16/h2-9H,1H3,(H,19,23). The van der Waals surface area contributed by atoms with E-state index < -0.39 is 0 Å². The van der Waals surface area contributed by atoms with E-state index in [1.807, 2.05) is 42.5 Å². The Morgan fingerprint density at radius 3 is 2.57 bits per heavy atom. The monoisotopic (exact) mass is 324 g/mol. The molecule has 1 N–H and O–H groups in total. The lowest BCUT2D eigenvalue weighted by molar-refractivity contribution is 0.415. The van der Waals surface area contributed by atoms with Crippen LogP contribution in [0.15, 0.2) is 57.6 Å². The molecular weight excluding hydrogens is 312 g/mol. The fourth-order valence-corrected chi connectivity index (χ4v) is 2.63. The van der Waals surface area contributed by atoms with Gasteiger partial charge in [0.05, 0.1) is 13.4 Å². The summed E-state index contributed by atoms with van der Waals surface area (Å²) in [7, 11) is 1.65. The third-order valence-electron chi connectivity index (χ3n) is 3.66. The molecule has 0 saturated heterocycles. The number of ether oxygens (including phenoxy) is 1. The van der Waals surface area contributed by atoms with Gasteiger partial charge in [-0.15, -0.1) is 5.10 Å². The molecule has 0 amide bonds. The highest BCUT2D eigenvalue weighted by atomic mass is 32.1. The van der Waals surface area contributed by atoms with Gasteiger partial charge in [0.25, 0.3) is 4.84 Å². The van der Waals surface area contributed by atoms with Crippen LogP contribution in [-0.2, 0) is 0 Å². The first-order chi connectivity index (χ1) is 11.2. The molecule has 4 aromatic rings. The van der Waals surface area contributed by atoms with Crippen LogP contribution >= 0.6 is 12.2 Å². The molecule has 0 fully saturated rings. The van der Waals surface area contributed by atoms with Gasteiger partial charge < -0.3 is 13.6 Å². The van der Waals surface area contributed by atoms with Gasteiger partial charge in [-0.1, -0.05) is 12.1 Å². The van der Waals surface area contributed by atoms with Crippen LogP contribution in [0.5, 0.6) is 5.75 Å². The first-order valence-electron chi connectivity index (χ1n) is 6.96. The van der Waals surface area contributed by atoms with E-state index in [1.54, 1.807) is 13.4 Å². The summed E-state index contributed by atoms with van der Waals surface area (Å²) in [6.45, 7) is 0. The average molecular weight is 324 g/mol. The van der Waals surface area contributed by atoms with E-state index in [1.165, 1.54) is 0 Å². The van der Waals surface area contributed by atoms with Crippen molar-refractivity contribution in [1.82, 2.24) is 10.2 Å². The van der Waals surface area contributed by atoms with Crippen molar-refractivity contribution in [3.8, 4) is 28.3 Å². The number of furan rings is 1. The van der Waals surface area contributed by atoms with Crippen molar-refractivity contribution >= 4 is 23.2 Å². The van der Waals surface area contributed by atoms with E-state index in [2.05, 4.69) is 10.2 Å². The van der Waals surface area contributed by atoms with Crippen LogP contribution in [-0.4, -0.2) is 17.3 Å². The van der Waals surface area contributed by atoms with Crippen LogP contribution < -0.4 is 4.74 Å². The number of fused-ring (bicyclic) bond motifs is 1. The molecule has 5 nitrogen and oxygen atoms in total. The van der Waals surface area contributed by atoms with Gasteiger partial charge in [0.1, 0.15) is 11.3 Å². The highest BCUT2D eigenvalue weighted by molar-refractivity contribution is 7.71. The van der Waals surface area contributed by atoms with Crippen LogP contribution in [0.4, 0.5) is 0 Å². The van der Waals surface area contributed by atoms with Gasteiger partial charge >= 0.3 is 0 Å². The second-order valence-electron chi connectivity index (χ2n) is 5.01. The molecule has 0 spiro atoms. The van der Waals surface area contributed by atoms with Crippen LogP contribution in [0.1, 0.15) is 0 Å². The molecule has 4 rings (SSSR count). The van der Waals surface area contributed by atoms with Gasteiger partial charge in [-0.05, 0) is 48.1 Å². The van der Waals surface area contributed by atoms with Gasteiger partial charge in [0, 0.05) is 16.5 Å². The molecule has 0 radical (unpaired) electrons. The smallest absolute Gasteiger partial charge is 0.284 e. The number of nitrogens with one attached hydrogen (secondary N) is 1. The van der Waals surface area contributed by atoms with Crippen molar-refractivity contribution in [2.24, 2.45) is 0 Å². The molecule has 2 aromatic carbocycles. The SMILES string of the molecule is COc1ccc(-c2coc3ccc(-c4n[nH]c(=S)o4)cc23)cc1. The van der Waals surface area contributed by atoms with Crippen molar-refractivity contribution in [3.05, 3.63) is 53.6 Å². The summed E-state index contributed by atoms with van der Waals surface area (Å²) in [5.74, 6) is 1.27. The Balaban J connectivity index is 1.85. The summed E-state index contributed by atoms with van der Waals surface area (Å²) in [4.78, 5) is 0.252. The minimum atomic E-state index is 0.252. The lowest BCUT2D eigenvalue weighted by atomic mass is 10.0. The summed E-state index contributed by atoms with van der Waals surface area (Å²) in [6.07, 6.45) is 1.75. The highest BCUT2D eigenvalue weighted by Gasteiger charge is 2.12. The number of H-pyrrole nitrogens is 1. The number of aromatic amines is 1. The second kappa shape index (κ2) is 5.40. The maximum Gasteiger partial charge on any atom is 0.284 e. The van der Waals surface area contributed by atoms with Gasteiger partial charge in [-0.25, -0.2) is 5.10 Å². The molecular formula is C17H12N2O3S. The first kappa shape index (κ1) is 13.8. The van der Waals surface area contributed by atoms with Crippen LogP contribution in [0.3, 0.4) is 0 Å². The molecule has 0 aliphatic rings. The molecule has 6 heteroatoms. The number of nitrogens with zero attached hydrogens (tertiary/aromatic N) is 1. The maximum atomic E-state index is 5.65. The molecule has 2 heterocycles. The van der Waals surface area contributed by atoms with E-state index in [9.17, 15) is 0 Å². The van der Waals surface area contributed by atoms with Gasteiger partial charge in [-0.2, -0.15) is 0 Å². The van der Waals surface area contributed by atoms with Crippen LogP contribution in [0, 0.1) is 4.84 Å². The van der Waals surface area contributed by atoms with Crippen LogP contribution in [0.2, 0.25) is 0 Å². The molecule has 0 bridgehead atoms. The Kier molecular flexibility index (Phi) is 3.24. The Morgan fingerprint density at radius 2 is 1.87 bits per heavy atom. The average Bonchev–Trinajstić information content (AvgIpc) is 3.20. The zero-order valence-electron chi connectivity index (χ0n) is 12.2. The maximum absolute atomic E-state index is 5.65. The highest BCUT2D eigenvalue weighted by Crippen LogP contribution is 2.34. The topological polar surface area (TPSA) is 64.2 Å². The number of rotatable bonds is 3. The van der Waals surface area contributed by atoms with Crippen molar-refractivity contribution in [1.29, 1.82) is 0 Å². The molecule has 0 atom stereocenters. The normalized spacial score (nSPS) is 11.0. The first-order valence-corrected chi connectivity index (χ1v) is 7.37. The Bertz CT molecular complexity index is 1030. The third-order valence-corrected chi connectivity index (χ3v) is 3.83. The van der Waals surface area contributed by atoms with Crippen molar-refractivity contribution < 1.29 is 13.6 Å². The van der Waals surface area contributed by atoms with E-state index in [-0.39, 0.29) is 4.84 Å². The third kappa shape index (κ3) is 2.43. The van der Waals surface area contributed by atoms with E-state index in [0.29, 0.717) is 5.89 Å². The summed E-state index contributed by atoms with van der Waals surface area (Å²) in [6, 6.07) is 13.6. The van der Waals surface area contributed by atoms with Crippen molar-refractivity contribution in [2.45, 2.75) is 0 Å². The lowest BCUT2D eigenvalue weighted by Gasteiger charge is -2.02. The lowest BCUT2D eigenvalue weighted by Crippen LogP contribution is -1.82. The minimum absolute atomic E-state index is 0.252. The summed E-state index contributed by atoms with van der Waals surface area (Å²) in [5.41, 5.74) is 3.68. The molecule has 0 saturated carbocycles. The number of methoxy groups -OCH3 is 1. The number of benzene rings is 2. The zero-order chi connectivity index (χ0) is 15.8. The molecule has 23 heavy (non-hydrogen) atoms. The van der Waals surface area contributed by atoms with E-state index >= 15 is 0 Å². The number of hydrogen-bond donors (Lipinski definition) is 1. The molecule has 2 aromatic heterocycles. The molecule has 0 aliphatic heterocycles. The Labute approximate surface area is 136 Å². The summed E-state index contributed by atoms with van der Waals surface area (Å²) >= 11 is 4.92. The van der Waals surface area contributed by atoms with Crippen molar-refractivity contribution in [2.75, 3.05) is 7.11 Å². The van der Waals surface area contributed by atoms with E-state index in [0.717, 1.165) is 33.4 Å². The van der Waals surface area contributed by atoms with Crippen molar-refractivity contribution in [3.63, 3.8) is 0 Å². The van der Waals surface area contributed by atoms with Crippen LogP contribution in [0.25, 0.3) is 33.6 Å². The Morgan fingerprint density at radius 1 is 1.09 bits per heavy atom. The van der Waals surface area contributed by atoms with E-state index in [4.69, 9.17) is 25.8 Å². The Hall–Kier alpha value is -2.86. The number of hydrogen-bond acceptors (Lipinski definition) is 5. The van der Waals surface area contributed by atoms with Gasteiger partial charge in [0.2, 0.25) is 5.89 Å². The second-order valence-corrected chi connectivity index (χ2v) is 5.38. The largest absolute Gasteiger partial charge is 0.497 e. The molecule has 0 aliphatic carbocycles. The molecule has 0 unspecified atom stereocenters. The minimum Gasteiger partial charge on any atom is -0.497 e. The number of aromatic nitrogens is 2. The fraction of sp³-hybridized carbons (Fsp3) is 0.0588. The summed E-state index contributed by atoms with van der Waals surface area (Å²) < 4.78 is 16.2. The fourth-order valence-electron chi connectivity index (χ4n) is 2.51. The quantitative estimate of drug-likeness (QED) is 0.547. The predicted molar refractivity (Wildman–Crippen MR) is 88.9 cm³/mol. The van der Waals surface area contributed by atoms with Gasteiger partial charge in [-0.3, -0.25) is 0 Å². The molecule has 114 valence electrons. The predicted octanol–water partition coefficient (Wildman–Crippen LogP) is 4.82. The zero-order valence-corrected chi connectivity index (χ0v) is 13.0. The van der Waals surface area contributed by atoms with Gasteiger partial charge in [0.15, 0.2) is 0 Å².